The minimum atomic E-state index is 0.461. The maximum absolute atomic E-state index is 5.16. The molecule has 0 aliphatic rings. The Hall–Kier alpha value is -3.47. The first-order valence-corrected chi connectivity index (χ1v) is 7.93. The lowest BCUT2D eigenvalue weighted by Crippen LogP contribution is -1.99. The highest BCUT2D eigenvalue weighted by Crippen LogP contribution is 2.23. The number of nitrogens with zero attached hydrogens (tertiary/aromatic N) is 3. The number of benzene rings is 3. The van der Waals surface area contributed by atoms with Gasteiger partial charge in [-0.05, 0) is 47.5 Å². The Balaban J connectivity index is 1.66. The highest BCUT2D eigenvalue weighted by atomic mass is 16.5. The third kappa shape index (κ3) is 3.26. The molecule has 0 spiro atoms. The smallest absolute Gasteiger partial charge is 0.247 e. The number of anilines is 2. The van der Waals surface area contributed by atoms with E-state index in [1.54, 1.807) is 7.11 Å². The summed E-state index contributed by atoms with van der Waals surface area (Å²) in [6.07, 6.45) is 0. The molecule has 25 heavy (non-hydrogen) atoms. The van der Waals surface area contributed by atoms with E-state index in [1.807, 2.05) is 60.7 Å². The first-order valence-electron chi connectivity index (χ1n) is 7.93. The molecule has 1 aromatic heterocycles. The molecule has 0 radical (unpaired) electrons. The van der Waals surface area contributed by atoms with Gasteiger partial charge < -0.3 is 10.1 Å². The van der Waals surface area contributed by atoms with Crippen LogP contribution in [0.25, 0.3) is 22.2 Å². The molecule has 0 aliphatic carbocycles. The summed E-state index contributed by atoms with van der Waals surface area (Å²) < 4.78 is 5.16. The van der Waals surface area contributed by atoms with Gasteiger partial charge in [0.1, 0.15) is 11.3 Å². The van der Waals surface area contributed by atoms with Crippen LogP contribution < -0.4 is 10.1 Å². The van der Waals surface area contributed by atoms with Gasteiger partial charge in [0.05, 0.1) is 12.6 Å². The lowest BCUT2D eigenvalue weighted by Gasteiger charge is -2.07. The quantitative estimate of drug-likeness (QED) is 0.600. The molecule has 1 N–H and O–H groups in total. The number of hydrogen-bond donors (Lipinski definition) is 1. The van der Waals surface area contributed by atoms with Crippen molar-refractivity contribution in [3.8, 4) is 16.9 Å². The SMILES string of the molecule is COc1ccc(Nc2nnc3ccc(-c4ccccc4)cc3n2)cc1. The van der Waals surface area contributed by atoms with Crippen molar-refractivity contribution in [2.75, 3.05) is 12.4 Å². The maximum atomic E-state index is 5.16. The lowest BCUT2D eigenvalue weighted by molar-refractivity contribution is 0.415. The highest BCUT2D eigenvalue weighted by Gasteiger charge is 2.05. The van der Waals surface area contributed by atoms with Crippen molar-refractivity contribution in [1.82, 2.24) is 15.2 Å². The average Bonchev–Trinajstić information content (AvgIpc) is 2.69. The fraction of sp³-hybridized carbons (Fsp3) is 0.0500. The summed E-state index contributed by atoms with van der Waals surface area (Å²) in [6, 6.07) is 23.8. The Morgan fingerprint density at radius 1 is 0.760 bits per heavy atom. The van der Waals surface area contributed by atoms with Gasteiger partial charge in [-0.1, -0.05) is 36.4 Å². The molecule has 0 amide bonds. The monoisotopic (exact) mass is 328 g/mol. The van der Waals surface area contributed by atoms with Crippen LogP contribution in [0.2, 0.25) is 0 Å². The predicted octanol–water partition coefficient (Wildman–Crippen LogP) is 4.44. The van der Waals surface area contributed by atoms with Gasteiger partial charge in [-0.2, -0.15) is 0 Å². The van der Waals surface area contributed by atoms with E-state index in [-0.39, 0.29) is 0 Å². The predicted molar refractivity (Wildman–Crippen MR) is 99.0 cm³/mol. The summed E-state index contributed by atoms with van der Waals surface area (Å²) in [5.74, 6) is 1.26. The van der Waals surface area contributed by atoms with Crippen molar-refractivity contribution in [3.05, 3.63) is 72.8 Å². The van der Waals surface area contributed by atoms with Crippen molar-refractivity contribution in [2.24, 2.45) is 0 Å². The molecule has 0 atom stereocenters. The average molecular weight is 328 g/mol. The standard InChI is InChI=1S/C20H16N4O/c1-25-17-10-8-16(9-11-17)21-20-22-19-13-15(7-12-18(19)23-24-20)14-5-3-2-4-6-14/h2-13H,1H3,(H,21,22,24). The second kappa shape index (κ2) is 6.57. The molecule has 3 aromatic carbocycles. The highest BCUT2D eigenvalue weighted by molar-refractivity contribution is 5.81. The first kappa shape index (κ1) is 15.1. The van der Waals surface area contributed by atoms with Crippen LogP contribution in [0.15, 0.2) is 72.8 Å². The molecule has 4 rings (SSSR count). The van der Waals surface area contributed by atoms with E-state index >= 15 is 0 Å². The minimum absolute atomic E-state index is 0.461. The maximum Gasteiger partial charge on any atom is 0.247 e. The Labute approximate surface area is 145 Å². The van der Waals surface area contributed by atoms with Crippen LogP contribution >= 0.6 is 0 Å². The van der Waals surface area contributed by atoms with Crippen LogP contribution in [0.3, 0.4) is 0 Å². The molecule has 5 heteroatoms. The lowest BCUT2D eigenvalue weighted by atomic mass is 10.1. The number of methoxy groups -OCH3 is 1. The van der Waals surface area contributed by atoms with Gasteiger partial charge >= 0.3 is 0 Å². The summed E-state index contributed by atoms with van der Waals surface area (Å²) in [4.78, 5) is 4.58. The van der Waals surface area contributed by atoms with E-state index in [4.69, 9.17) is 4.74 Å². The van der Waals surface area contributed by atoms with Crippen LogP contribution in [0.5, 0.6) is 5.75 Å². The Morgan fingerprint density at radius 2 is 1.56 bits per heavy atom. The van der Waals surface area contributed by atoms with E-state index in [9.17, 15) is 0 Å². The Kier molecular flexibility index (Phi) is 3.96. The van der Waals surface area contributed by atoms with Gasteiger partial charge in [0.2, 0.25) is 5.95 Å². The van der Waals surface area contributed by atoms with Crippen molar-refractivity contribution in [3.63, 3.8) is 0 Å². The molecule has 0 unspecified atom stereocenters. The van der Waals surface area contributed by atoms with E-state index in [1.165, 1.54) is 0 Å². The number of ether oxygens (including phenoxy) is 1. The zero-order valence-electron chi connectivity index (χ0n) is 13.7. The Morgan fingerprint density at radius 3 is 2.32 bits per heavy atom. The van der Waals surface area contributed by atoms with Crippen LogP contribution in [-0.2, 0) is 0 Å². The van der Waals surface area contributed by atoms with Gasteiger partial charge in [0.25, 0.3) is 0 Å². The molecule has 0 fully saturated rings. The molecule has 0 bridgehead atoms. The van der Waals surface area contributed by atoms with Crippen molar-refractivity contribution >= 4 is 22.7 Å². The fourth-order valence-corrected chi connectivity index (χ4v) is 2.60. The summed E-state index contributed by atoms with van der Waals surface area (Å²) in [5, 5.41) is 11.6. The molecule has 0 aliphatic heterocycles. The van der Waals surface area contributed by atoms with Crippen LogP contribution in [0.1, 0.15) is 0 Å². The summed E-state index contributed by atoms with van der Waals surface area (Å²) in [5.41, 5.74) is 4.69. The second-order valence-corrected chi connectivity index (χ2v) is 5.56. The zero-order chi connectivity index (χ0) is 17.1. The summed E-state index contributed by atoms with van der Waals surface area (Å²) in [6.45, 7) is 0. The number of rotatable bonds is 4. The van der Waals surface area contributed by atoms with Crippen molar-refractivity contribution in [2.45, 2.75) is 0 Å². The topological polar surface area (TPSA) is 59.9 Å². The molecular weight excluding hydrogens is 312 g/mol. The van der Waals surface area contributed by atoms with E-state index in [0.29, 0.717) is 5.95 Å². The molecule has 4 aromatic rings. The third-order valence-electron chi connectivity index (χ3n) is 3.91. The number of fused-ring (bicyclic) bond motifs is 1. The second-order valence-electron chi connectivity index (χ2n) is 5.56. The van der Waals surface area contributed by atoms with Crippen LogP contribution in [0, 0.1) is 0 Å². The first-order chi connectivity index (χ1) is 12.3. The third-order valence-corrected chi connectivity index (χ3v) is 3.91. The zero-order valence-corrected chi connectivity index (χ0v) is 13.7. The van der Waals surface area contributed by atoms with E-state index in [2.05, 4.69) is 32.6 Å². The molecule has 0 saturated carbocycles. The fourth-order valence-electron chi connectivity index (χ4n) is 2.60. The van der Waals surface area contributed by atoms with Crippen LogP contribution in [0.4, 0.5) is 11.6 Å². The largest absolute Gasteiger partial charge is 0.497 e. The van der Waals surface area contributed by atoms with Gasteiger partial charge in [-0.3, -0.25) is 0 Å². The summed E-state index contributed by atoms with van der Waals surface area (Å²) in [7, 11) is 1.64. The molecular formula is C20H16N4O. The molecule has 0 saturated heterocycles. The molecule has 122 valence electrons. The Bertz CT molecular complexity index is 1000. The van der Waals surface area contributed by atoms with Gasteiger partial charge in [0, 0.05) is 5.69 Å². The van der Waals surface area contributed by atoms with Crippen molar-refractivity contribution in [1.29, 1.82) is 0 Å². The number of aromatic nitrogens is 3. The van der Waals surface area contributed by atoms with Gasteiger partial charge in [-0.25, -0.2) is 4.98 Å². The van der Waals surface area contributed by atoms with E-state index in [0.717, 1.165) is 33.6 Å². The van der Waals surface area contributed by atoms with Crippen LogP contribution in [-0.4, -0.2) is 22.3 Å². The molecule has 5 nitrogen and oxygen atoms in total. The van der Waals surface area contributed by atoms with E-state index < -0.39 is 0 Å². The molecule has 1 heterocycles. The number of hydrogen-bond acceptors (Lipinski definition) is 5. The number of nitrogens with one attached hydrogen (secondary N) is 1. The normalized spacial score (nSPS) is 10.6. The van der Waals surface area contributed by atoms with Crippen molar-refractivity contribution < 1.29 is 4.74 Å². The minimum Gasteiger partial charge on any atom is -0.497 e. The summed E-state index contributed by atoms with van der Waals surface area (Å²) >= 11 is 0. The van der Waals surface area contributed by atoms with Gasteiger partial charge in [0.15, 0.2) is 0 Å². The van der Waals surface area contributed by atoms with Gasteiger partial charge in [-0.15, -0.1) is 10.2 Å².